The number of rotatable bonds is 7. The quantitative estimate of drug-likeness (QED) is 0.454. The van der Waals surface area contributed by atoms with Gasteiger partial charge >= 0.3 is 0 Å². The number of amides is 1. The lowest BCUT2D eigenvalue weighted by Gasteiger charge is -2.27. The first-order valence-corrected chi connectivity index (χ1v) is 12.4. The van der Waals surface area contributed by atoms with Crippen LogP contribution in [0.4, 0.5) is 5.69 Å². The van der Waals surface area contributed by atoms with Gasteiger partial charge < -0.3 is 10.1 Å². The van der Waals surface area contributed by atoms with Crippen LogP contribution in [0.3, 0.4) is 0 Å². The Morgan fingerprint density at radius 3 is 2.24 bits per heavy atom. The number of carbonyl (C=O) groups is 2. The van der Waals surface area contributed by atoms with E-state index in [0.717, 1.165) is 54.2 Å². The van der Waals surface area contributed by atoms with Crippen molar-refractivity contribution in [1.82, 2.24) is 0 Å². The Labute approximate surface area is 200 Å². The van der Waals surface area contributed by atoms with Crippen LogP contribution in [-0.2, 0) is 17.6 Å². The molecule has 180 valence electrons. The van der Waals surface area contributed by atoms with E-state index in [-0.39, 0.29) is 17.6 Å². The van der Waals surface area contributed by atoms with Gasteiger partial charge in [-0.2, -0.15) is 0 Å². The number of ketones is 1. The fourth-order valence-electron chi connectivity index (χ4n) is 4.69. The number of methoxy groups -OCH3 is 1. The minimum Gasteiger partial charge on any atom is -0.496 e. The number of hydrogen-bond acceptors (Lipinski definition) is 3. The second kappa shape index (κ2) is 13.2. The lowest BCUT2D eigenvalue weighted by atomic mass is 9.80. The van der Waals surface area contributed by atoms with Crippen molar-refractivity contribution in [3.8, 4) is 5.75 Å². The largest absolute Gasteiger partial charge is 0.496 e. The highest BCUT2D eigenvalue weighted by molar-refractivity contribution is 5.96. The highest BCUT2D eigenvalue weighted by Gasteiger charge is 2.25. The summed E-state index contributed by atoms with van der Waals surface area (Å²) in [6, 6.07) is 11.8. The fourth-order valence-corrected chi connectivity index (χ4v) is 4.69. The number of Topliss-reactive ketones (excluding diaryl/α,β-unsaturated/α-hetero) is 1. The van der Waals surface area contributed by atoms with E-state index < -0.39 is 0 Å². The van der Waals surface area contributed by atoms with E-state index in [4.69, 9.17) is 4.74 Å². The zero-order valence-corrected chi connectivity index (χ0v) is 21.3. The SMILES string of the molecule is CCC1CCC(C(=O)Nc2ccc(C)c(OC)c2)CC1.CCc1cccc(C(C)=O)c1CC. The molecule has 0 atom stereocenters. The number of anilines is 1. The van der Waals surface area contributed by atoms with Crippen molar-refractivity contribution in [2.45, 2.75) is 79.6 Å². The Bertz CT molecular complexity index is 926. The maximum absolute atomic E-state index is 12.3. The molecule has 0 unspecified atom stereocenters. The molecular formula is C29H41NO3. The van der Waals surface area contributed by atoms with Gasteiger partial charge in [-0.05, 0) is 81.0 Å². The van der Waals surface area contributed by atoms with Gasteiger partial charge in [-0.1, -0.05) is 51.5 Å². The van der Waals surface area contributed by atoms with Gasteiger partial charge in [-0.25, -0.2) is 0 Å². The standard InChI is InChI=1S/C17H25NO2.C12H16O/c1-4-13-6-8-14(9-7-13)17(19)18-15-10-5-12(2)16(11-15)20-3;1-4-10-7-6-8-12(9(3)13)11(10)5-2/h5,10-11,13-14H,4,6-9H2,1-3H3,(H,18,19);6-8H,4-5H2,1-3H3. The third-order valence-electron chi connectivity index (χ3n) is 6.86. The van der Waals surface area contributed by atoms with Gasteiger partial charge in [-0.3, -0.25) is 9.59 Å². The minimum absolute atomic E-state index is 0.158. The first-order valence-electron chi connectivity index (χ1n) is 12.4. The molecule has 0 spiro atoms. The maximum atomic E-state index is 12.3. The predicted molar refractivity (Wildman–Crippen MR) is 137 cm³/mol. The van der Waals surface area contributed by atoms with Crippen molar-refractivity contribution in [2.75, 3.05) is 12.4 Å². The maximum Gasteiger partial charge on any atom is 0.227 e. The van der Waals surface area contributed by atoms with Crippen molar-refractivity contribution in [3.63, 3.8) is 0 Å². The van der Waals surface area contributed by atoms with E-state index in [9.17, 15) is 9.59 Å². The normalized spacial score (nSPS) is 17.5. The number of nitrogens with one attached hydrogen (secondary N) is 1. The molecule has 4 nitrogen and oxygen atoms in total. The lowest BCUT2D eigenvalue weighted by Crippen LogP contribution is -2.27. The van der Waals surface area contributed by atoms with Crippen LogP contribution in [0, 0.1) is 18.8 Å². The van der Waals surface area contributed by atoms with Gasteiger partial charge in [0, 0.05) is 23.2 Å². The molecule has 0 bridgehead atoms. The molecule has 1 saturated carbocycles. The molecule has 1 aliphatic rings. The van der Waals surface area contributed by atoms with Crippen LogP contribution in [0.5, 0.6) is 5.75 Å². The summed E-state index contributed by atoms with van der Waals surface area (Å²) in [4.78, 5) is 23.6. The molecule has 3 rings (SSSR count). The van der Waals surface area contributed by atoms with Crippen LogP contribution in [0.1, 0.15) is 86.8 Å². The third-order valence-corrected chi connectivity index (χ3v) is 6.86. The smallest absolute Gasteiger partial charge is 0.227 e. The average molecular weight is 452 g/mol. The van der Waals surface area contributed by atoms with Gasteiger partial charge in [0.05, 0.1) is 7.11 Å². The fraction of sp³-hybridized carbons (Fsp3) is 0.517. The highest BCUT2D eigenvalue weighted by Crippen LogP contribution is 2.31. The number of carbonyl (C=O) groups excluding carboxylic acids is 2. The first kappa shape index (κ1) is 26.6. The summed E-state index contributed by atoms with van der Waals surface area (Å²) in [7, 11) is 1.65. The van der Waals surface area contributed by atoms with Gasteiger partial charge in [0.15, 0.2) is 5.78 Å². The second-order valence-electron chi connectivity index (χ2n) is 9.01. The lowest BCUT2D eigenvalue weighted by molar-refractivity contribution is -0.121. The van der Waals surface area contributed by atoms with Gasteiger partial charge in [0.1, 0.15) is 5.75 Å². The molecule has 1 fully saturated rings. The van der Waals surface area contributed by atoms with E-state index in [1.54, 1.807) is 14.0 Å². The molecule has 2 aromatic carbocycles. The van der Waals surface area contributed by atoms with E-state index in [0.29, 0.717) is 0 Å². The van der Waals surface area contributed by atoms with E-state index in [1.165, 1.54) is 30.4 Å². The molecular weight excluding hydrogens is 410 g/mol. The first-order chi connectivity index (χ1) is 15.8. The van der Waals surface area contributed by atoms with Crippen LogP contribution in [0.15, 0.2) is 36.4 Å². The molecule has 0 aromatic heterocycles. The van der Waals surface area contributed by atoms with Crippen LogP contribution in [0.25, 0.3) is 0 Å². The summed E-state index contributed by atoms with van der Waals surface area (Å²) < 4.78 is 5.29. The van der Waals surface area contributed by atoms with E-state index >= 15 is 0 Å². The minimum atomic E-state index is 0.158. The molecule has 33 heavy (non-hydrogen) atoms. The molecule has 0 aliphatic heterocycles. The van der Waals surface area contributed by atoms with Crippen molar-refractivity contribution in [2.24, 2.45) is 11.8 Å². The van der Waals surface area contributed by atoms with Crippen LogP contribution >= 0.6 is 0 Å². The van der Waals surface area contributed by atoms with Gasteiger partial charge in [-0.15, -0.1) is 0 Å². The summed E-state index contributed by atoms with van der Waals surface area (Å²) in [5.74, 6) is 2.14. The summed E-state index contributed by atoms with van der Waals surface area (Å²) in [6.07, 6.45) is 7.60. The average Bonchev–Trinajstić information content (AvgIpc) is 2.84. The molecule has 1 amide bonds. The zero-order chi connectivity index (χ0) is 24.4. The zero-order valence-electron chi connectivity index (χ0n) is 21.3. The molecule has 0 heterocycles. The van der Waals surface area contributed by atoms with Crippen LogP contribution < -0.4 is 10.1 Å². The second-order valence-corrected chi connectivity index (χ2v) is 9.01. The number of aryl methyl sites for hydroxylation is 2. The van der Waals surface area contributed by atoms with Crippen molar-refractivity contribution < 1.29 is 14.3 Å². The molecule has 4 heteroatoms. The molecule has 0 radical (unpaired) electrons. The number of benzene rings is 2. The third kappa shape index (κ3) is 7.45. The predicted octanol–water partition coefficient (Wildman–Crippen LogP) is 7.17. The Balaban J connectivity index is 0.000000257. The van der Waals surface area contributed by atoms with Gasteiger partial charge in [0.25, 0.3) is 0 Å². The molecule has 2 aromatic rings. The summed E-state index contributed by atoms with van der Waals surface area (Å²) in [5, 5.41) is 3.03. The van der Waals surface area contributed by atoms with Crippen molar-refractivity contribution in [1.29, 1.82) is 0 Å². The van der Waals surface area contributed by atoms with Crippen molar-refractivity contribution >= 4 is 17.4 Å². The highest BCUT2D eigenvalue weighted by atomic mass is 16.5. The Kier molecular flexibility index (Phi) is 10.6. The topological polar surface area (TPSA) is 55.4 Å². The molecule has 1 N–H and O–H groups in total. The number of hydrogen-bond donors (Lipinski definition) is 1. The summed E-state index contributed by atoms with van der Waals surface area (Å²) in [5.41, 5.74) is 5.32. The van der Waals surface area contributed by atoms with Crippen LogP contribution in [0.2, 0.25) is 0 Å². The molecule has 0 saturated heterocycles. The van der Waals surface area contributed by atoms with E-state index in [1.807, 2.05) is 37.3 Å². The summed E-state index contributed by atoms with van der Waals surface area (Å²) in [6.45, 7) is 10.1. The van der Waals surface area contributed by atoms with E-state index in [2.05, 4.69) is 32.2 Å². The number of ether oxygens (including phenoxy) is 1. The Morgan fingerprint density at radius 1 is 1.00 bits per heavy atom. The van der Waals surface area contributed by atoms with Crippen molar-refractivity contribution in [3.05, 3.63) is 58.7 Å². The summed E-state index contributed by atoms with van der Waals surface area (Å²) >= 11 is 0. The molecule has 1 aliphatic carbocycles. The Hall–Kier alpha value is -2.62. The monoisotopic (exact) mass is 451 g/mol. The van der Waals surface area contributed by atoms with Gasteiger partial charge in [0.2, 0.25) is 5.91 Å². The Morgan fingerprint density at radius 2 is 1.70 bits per heavy atom. The van der Waals surface area contributed by atoms with Crippen LogP contribution in [-0.4, -0.2) is 18.8 Å².